The summed E-state index contributed by atoms with van der Waals surface area (Å²) in [7, 11) is 1.61. The van der Waals surface area contributed by atoms with Crippen molar-refractivity contribution in [1.29, 1.82) is 0 Å². The van der Waals surface area contributed by atoms with Crippen molar-refractivity contribution >= 4 is 0 Å². The summed E-state index contributed by atoms with van der Waals surface area (Å²) in [6, 6.07) is 0. The van der Waals surface area contributed by atoms with Gasteiger partial charge in [-0.15, -0.1) is 0 Å². The Morgan fingerprint density at radius 2 is 1.52 bits per heavy atom. The molecule has 0 aliphatic carbocycles. The molecule has 0 heterocycles. The maximum atomic E-state index is 5.83. The predicted molar refractivity (Wildman–Crippen MR) is 86.1 cm³/mol. The summed E-state index contributed by atoms with van der Waals surface area (Å²) in [4.78, 5) is 0. The molecule has 4 heteroatoms. The van der Waals surface area contributed by atoms with Crippen LogP contribution in [0.3, 0.4) is 0 Å². The van der Waals surface area contributed by atoms with Crippen LogP contribution in [0.4, 0.5) is 0 Å². The van der Waals surface area contributed by atoms with E-state index in [0.29, 0.717) is 6.79 Å². The summed E-state index contributed by atoms with van der Waals surface area (Å²) in [5, 5.41) is 0. The second-order valence-corrected chi connectivity index (χ2v) is 5.11. The molecule has 0 N–H and O–H groups in total. The second-order valence-electron chi connectivity index (χ2n) is 5.11. The van der Waals surface area contributed by atoms with Gasteiger partial charge in [-0.1, -0.05) is 39.5 Å². The lowest BCUT2D eigenvalue weighted by Gasteiger charge is -2.18. The standard InChI is InChI=1S/C17H34O4/c1-4-6-9-14-20-17(21-15-10-7-5-2)12-8-11-13-19-16-18-3/h11,13,17H,4-10,12,14-16H2,1-3H3. The molecule has 0 aromatic rings. The van der Waals surface area contributed by atoms with Crippen molar-refractivity contribution in [3.05, 3.63) is 12.3 Å². The van der Waals surface area contributed by atoms with Crippen LogP contribution in [0, 0.1) is 0 Å². The number of rotatable bonds is 16. The first kappa shape index (κ1) is 20.4. The Hall–Kier alpha value is -0.580. The summed E-state index contributed by atoms with van der Waals surface area (Å²) in [5.74, 6) is 0. The molecule has 0 atom stereocenters. The van der Waals surface area contributed by atoms with Gasteiger partial charge in [-0.25, -0.2) is 0 Å². The Bertz CT molecular complexity index is 207. The second kappa shape index (κ2) is 17.5. The van der Waals surface area contributed by atoms with Gasteiger partial charge in [0.1, 0.15) is 0 Å². The van der Waals surface area contributed by atoms with Crippen molar-refractivity contribution in [2.45, 2.75) is 71.5 Å². The monoisotopic (exact) mass is 302 g/mol. The highest BCUT2D eigenvalue weighted by molar-refractivity contribution is 4.73. The van der Waals surface area contributed by atoms with Crippen LogP contribution >= 0.6 is 0 Å². The summed E-state index contributed by atoms with van der Waals surface area (Å²) >= 11 is 0. The van der Waals surface area contributed by atoms with Crippen LogP contribution in [-0.4, -0.2) is 33.4 Å². The molecule has 0 bridgehead atoms. The Kier molecular flexibility index (Phi) is 17.0. The number of unbranched alkanes of at least 4 members (excludes halogenated alkanes) is 4. The van der Waals surface area contributed by atoms with Crippen LogP contribution < -0.4 is 0 Å². The first-order chi connectivity index (χ1) is 10.3. The topological polar surface area (TPSA) is 36.9 Å². The van der Waals surface area contributed by atoms with Crippen LogP contribution in [0.2, 0.25) is 0 Å². The Balaban J connectivity index is 3.79. The number of hydrogen-bond acceptors (Lipinski definition) is 4. The molecule has 0 spiro atoms. The maximum Gasteiger partial charge on any atom is 0.187 e. The van der Waals surface area contributed by atoms with Gasteiger partial charge in [0, 0.05) is 26.7 Å². The van der Waals surface area contributed by atoms with Crippen molar-refractivity contribution in [3.8, 4) is 0 Å². The van der Waals surface area contributed by atoms with E-state index in [4.69, 9.17) is 18.9 Å². The zero-order valence-electron chi connectivity index (χ0n) is 14.1. The van der Waals surface area contributed by atoms with Gasteiger partial charge < -0.3 is 18.9 Å². The fraction of sp³-hybridized carbons (Fsp3) is 0.882. The lowest BCUT2D eigenvalue weighted by atomic mass is 10.2. The predicted octanol–water partition coefficient (Wildman–Crippen LogP) is 4.64. The van der Waals surface area contributed by atoms with Gasteiger partial charge in [-0.05, 0) is 25.3 Å². The lowest BCUT2D eigenvalue weighted by Crippen LogP contribution is -2.18. The van der Waals surface area contributed by atoms with Crippen molar-refractivity contribution in [1.82, 2.24) is 0 Å². The largest absolute Gasteiger partial charge is 0.476 e. The average Bonchev–Trinajstić information content (AvgIpc) is 2.50. The molecule has 4 nitrogen and oxygen atoms in total. The highest BCUT2D eigenvalue weighted by atomic mass is 16.7. The smallest absolute Gasteiger partial charge is 0.187 e. The minimum atomic E-state index is -0.0919. The molecule has 0 aromatic carbocycles. The number of methoxy groups -OCH3 is 1. The van der Waals surface area contributed by atoms with Crippen molar-refractivity contribution in [2.75, 3.05) is 27.1 Å². The summed E-state index contributed by atoms with van der Waals surface area (Å²) < 4.78 is 21.6. The maximum absolute atomic E-state index is 5.83. The van der Waals surface area contributed by atoms with Crippen molar-refractivity contribution < 1.29 is 18.9 Å². The molecule has 0 amide bonds. The number of hydrogen-bond donors (Lipinski definition) is 0. The van der Waals surface area contributed by atoms with Gasteiger partial charge >= 0.3 is 0 Å². The lowest BCUT2D eigenvalue weighted by molar-refractivity contribution is -0.146. The van der Waals surface area contributed by atoms with E-state index in [9.17, 15) is 0 Å². The average molecular weight is 302 g/mol. The zero-order chi connectivity index (χ0) is 15.6. The van der Waals surface area contributed by atoms with Gasteiger partial charge in [0.05, 0.1) is 6.26 Å². The van der Waals surface area contributed by atoms with E-state index in [-0.39, 0.29) is 6.29 Å². The molecular weight excluding hydrogens is 268 g/mol. The fourth-order valence-electron chi connectivity index (χ4n) is 1.82. The molecule has 0 unspecified atom stereocenters. The van der Waals surface area contributed by atoms with Gasteiger partial charge in [-0.2, -0.15) is 0 Å². The van der Waals surface area contributed by atoms with E-state index >= 15 is 0 Å². The third-order valence-corrected chi connectivity index (χ3v) is 3.05. The van der Waals surface area contributed by atoms with E-state index in [0.717, 1.165) is 38.9 Å². The molecule has 21 heavy (non-hydrogen) atoms. The van der Waals surface area contributed by atoms with Crippen LogP contribution in [-0.2, 0) is 18.9 Å². The van der Waals surface area contributed by atoms with Crippen molar-refractivity contribution in [2.24, 2.45) is 0 Å². The van der Waals surface area contributed by atoms with Crippen LogP contribution in [0.1, 0.15) is 65.2 Å². The minimum absolute atomic E-state index is 0.0919. The molecule has 0 radical (unpaired) electrons. The summed E-state index contributed by atoms with van der Waals surface area (Å²) in [6.07, 6.45) is 12.4. The number of ether oxygens (including phenoxy) is 4. The molecular formula is C17H34O4. The van der Waals surface area contributed by atoms with Gasteiger partial charge in [0.25, 0.3) is 0 Å². The first-order valence-electron chi connectivity index (χ1n) is 8.33. The molecule has 0 aliphatic heterocycles. The first-order valence-corrected chi connectivity index (χ1v) is 8.33. The van der Waals surface area contributed by atoms with Gasteiger partial charge in [-0.3, -0.25) is 0 Å². The third-order valence-electron chi connectivity index (χ3n) is 3.05. The Labute approximate surface area is 130 Å². The minimum Gasteiger partial charge on any atom is -0.476 e. The molecule has 0 fully saturated rings. The molecule has 126 valence electrons. The van der Waals surface area contributed by atoms with Crippen LogP contribution in [0.15, 0.2) is 12.3 Å². The summed E-state index contributed by atoms with van der Waals surface area (Å²) in [6.45, 7) is 6.26. The normalized spacial score (nSPS) is 11.6. The number of allylic oxidation sites excluding steroid dienone is 1. The Morgan fingerprint density at radius 1 is 0.905 bits per heavy atom. The van der Waals surface area contributed by atoms with E-state index < -0.39 is 0 Å². The molecule has 0 saturated carbocycles. The van der Waals surface area contributed by atoms with E-state index in [2.05, 4.69) is 13.8 Å². The van der Waals surface area contributed by atoms with Crippen LogP contribution in [0.25, 0.3) is 0 Å². The highest BCUT2D eigenvalue weighted by Gasteiger charge is 2.08. The summed E-state index contributed by atoms with van der Waals surface area (Å²) in [5.41, 5.74) is 0. The molecule has 0 rings (SSSR count). The quantitative estimate of drug-likeness (QED) is 0.236. The van der Waals surface area contributed by atoms with Gasteiger partial charge in [0.2, 0.25) is 0 Å². The molecule has 0 aromatic heterocycles. The van der Waals surface area contributed by atoms with Crippen molar-refractivity contribution in [3.63, 3.8) is 0 Å². The van der Waals surface area contributed by atoms with Crippen LogP contribution in [0.5, 0.6) is 0 Å². The molecule has 0 aliphatic rings. The van der Waals surface area contributed by atoms with E-state index in [1.54, 1.807) is 13.4 Å². The fourth-order valence-corrected chi connectivity index (χ4v) is 1.82. The molecule has 0 saturated heterocycles. The van der Waals surface area contributed by atoms with E-state index in [1.807, 2.05) is 6.08 Å². The third kappa shape index (κ3) is 15.6. The SMILES string of the molecule is CCCCCOC(CCC=COCOC)OCCCCC. The van der Waals surface area contributed by atoms with Gasteiger partial charge in [0.15, 0.2) is 13.1 Å². The van der Waals surface area contributed by atoms with E-state index in [1.165, 1.54) is 25.7 Å². The Morgan fingerprint density at radius 3 is 2.05 bits per heavy atom. The zero-order valence-corrected chi connectivity index (χ0v) is 14.1. The highest BCUT2D eigenvalue weighted by Crippen LogP contribution is 2.09.